The van der Waals surface area contributed by atoms with Crippen LogP contribution in [0.25, 0.3) is 0 Å². The first-order valence-corrected chi connectivity index (χ1v) is 9.79. The Morgan fingerprint density at radius 2 is 1.61 bits per heavy atom. The maximum Gasteiger partial charge on any atom is 0.265 e. The van der Waals surface area contributed by atoms with Gasteiger partial charge in [-0.3, -0.25) is 9.59 Å². The number of hydrogen-bond donors (Lipinski definition) is 2. The van der Waals surface area contributed by atoms with Crippen molar-refractivity contribution in [2.24, 2.45) is 0 Å². The predicted octanol–water partition coefficient (Wildman–Crippen LogP) is 4.74. The van der Waals surface area contributed by atoms with Crippen LogP contribution < -0.4 is 15.4 Å². The van der Waals surface area contributed by atoms with Crippen molar-refractivity contribution in [2.45, 2.75) is 59.1 Å². The molecule has 2 aromatic rings. The van der Waals surface area contributed by atoms with Crippen LogP contribution in [0.1, 0.15) is 62.9 Å². The monoisotopic (exact) mass is 382 g/mol. The molecule has 2 atom stereocenters. The molecule has 28 heavy (non-hydrogen) atoms. The first-order chi connectivity index (χ1) is 13.3. The van der Waals surface area contributed by atoms with Crippen LogP contribution in [0.4, 0.5) is 5.69 Å². The second-order valence-corrected chi connectivity index (χ2v) is 7.27. The molecule has 0 radical (unpaired) electrons. The quantitative estimate of drug-likeness (QED) is 0.693. The van der Waals surface area contributed by atoms with E-state index in [9.17, 15) is 9.59 Å². The number of carbonyl (C=O) groups is 2. The van der Waals surface area contributed by atoms with Crippen LogP contribution in [0.3, 0.4) is 0 Å². The molecule has 0 aliphatic rings. The molecular weight excluding hydrogens is 352 g/mol. The van der Waals surface area contributed by atoms with Gasteiger partial charge in [-0.05, 0) is 49.9 Å². The Hall–Kier alpha value is -2.82. The number of benzene rings is 2. The second kappa shape index (κ2) is 9.93. The summed E-state index contributed by atoms with van der Waals surface area (Å²) in [5.74, 6) is 0.478. The normalized spacial score (nSPS) is 12.9. The molecule has 0 saturated heterocycles. The number of carbonyl (C=O) groups excluding carboxylic acids is 2. The van der Waals surface area contributed by atoms with E-state index in [1.54, 1.807) is 31.2 Å². The van der Waals surface area contributed by atoms with E-state index in [4.69, 9.17) is 4.74 Å². The van der Waals surface area contributed by atoms with Gasteiger partial charge in [-0.15, -0.1) is 0 Å². The lowest BCUT2D eigenvalue weighted by molar-refractivity contribution is -0.122. The number of ether oxygens (including phenoxy) is 1. The average Bonchev–Trinajstić information content (AvgIpc) is 2.68. The topological polar surface area (TPSA) is 67.4 Å². The smallest absolute Gasteiger partial charge is 0.265 e. The van der Waals surface area contributed by atoms with Gasteiger partial charge in [0, 0.05) is 6.04 Å². The molecular formula is C23H30N2O3. The van der Waals surface area contributed by atoms with Crippen LogP contribution in [0, 0.1) is 0 Å². The van der Waals surface area contributed by atoms with Crippen molar-refractivity contribution in [3.8, 4) is 5.75 Å². The lowest BCUT2D eigenvalue weighted by atomic mass is 10.0. The van der Waals surface area contributed by atoms with Crippen LogP contribution >= 0.6 is 0 Å². The van der Waals surface area contributed by atoms with Gasteiger partial charge in [0.05, 0.1) is 11.3 Å². The molecule has 5 nitrogen and oxygen atoms in total. The molecule has 0 heterocycles. The summed E-state index contributed by atoms with van der Waals surface area (Å²) in [6.45, 7) is 9.82. The summed E-state index contributed by atoms with van der Waals surface area (Å²) >= 11 is 0. The largest absolute Gasteiger partial charge is 0.481 e. The Morgan fingerprint density at radius 1 is 0.964 bits per heavy atom. The maximum absolute atomic E-state index is 12.7. The number of anilines is 1. The zero-order valence-electron chi connectivity index (χ0n) is 17.3. The molecule has 2 amide bonds. The fraction of sp³-hybridized carbons (Fsp3) is 0.391. The Kier molecular flexibility index (Phi) is 7.61. The standard InChI is InChI=1S/C23H30N2O3/c1-6-16(4)24-23(27)19-12-7-9-13-20(19)25-22(26)17(5)28-21-14-10-8-11-18(21)15(2)3/h7-17H,6H2,1-5H3,(H,24,27)(H,25,26)/t16-,17-/m0/s1. The van der Waals surface area contributed by atoms with E-state index in [1.807, 2.05) is 38.1 Å². The number of nitrogens with one attached hydrogen (secondary N) is 2. The van der Waals surface area contributed by atoms with Gasteiger partial charge in [-0.25, -0.2) is 0 Å². The molecule has 0 aliphatic carbocycles. The van der Waals surface area contributed by atoms with Crippen molar-refractivity contribution in [1.82, 2.24) is 5.32 Å². The van der Waals surface area contributed by atoms with Crippen LogP contribution in [0.2, 0.25) is 0 Å². The summed E-state index contributed by atoms with van der Waals surface area (Å²) in [6.07, 6.45) is 0.131. The van der Waals surface area contributed by atoms with Crippen molar-refractivity contribution in [1.29, 1.82) is 0 Å². The molecule has 0 spiro atoms. The molecule has 2 aromatic carbocycles. The highest BCUT2D eigenvalue weighted by molar-refractivity contribution is 6.04. The van der Waals surface area contributed by atoms with Gasteiger partial charge in [0.25, 0.3) is 11.8 Å². The zero-order valence-corrected chi connectivity index (χ0v) is 17.3. The minimum Gasteiger partial charge on any atom is -0.481 e. The maximum atomic E-state index is 12.7. The van der Waals surface area contributed by atoms with Crippen molar-refractivity contribution < 1.29 is 14.3 Å². The van der Waals surface area contributed by atoms with Crippen molar-refractivity contribution in [2.75, 3.05) is 5.32 Å². The molecule has 5 heteroatoms. The van der Waals surface area contributed by atoms with Gasteiger partial charge in [-0.1, -0.05) is 51.1 Å². The van der Waals surface area contributed by atoms with Crippen LogP contribution in [-0.2, 0) is 4.79 Å². The summed E-state index contributed by atoms with van der Waals surface area (Å²) in [5, 5.41) is 5.75. The van der Waals surface area contributed by atoms with Crippen molar-refractivity contribution >= 4 is 17.5 Å². The lowest BCUT2D eigenvalue weighted by Gasteiger charge is -2.19. The van der Waals surface area contributed by atoms with E-state index < -0.39 is 6.10 Å². The molecule has 0 aromatic heterocycles. The number of hydrogen-bond acceptors (Lipinski definition) is 3. The third-order valence-electron chi connectivity index (χ3n) is 4.63. The van der Waals surface area contributed by atoms with Gasteiger partial charge in [0.2, 0.25) is 0 Å². The van der Waals surface area contributed by atoms with Crippen LogP contribution in [-0.4, -0.2) is 24.0 Å². The van der Waals surface area contributed by atoms with Crippen LogP contribution in [0.15, 0.2) is 48.5 Å². The van der Waals surface area contributed by atoms with Gasteiger partial charge in [0.15, 0.2) is 6.10 Å². The summed E-state index contributed by atoms with van der Waals surface area (Å²) in [4.78, 5) is 25.2. The Labute approximate surface area is 167 Å². The van der Waals surface area contributed by atoms with E-state index in [0.29, 0.717) is 17.0 Å². The molecule has 2 N–H and O–H groups in total. The molecule has 150 valence electrons. The third-order valence-corrected chi connectivity index (χ3v) is 4.63. The zero-order chi connectivity index (χ0) is 20.7. The van der Waals surface area contributed by atoms with Crippen molar-refractivity contribution in [3.63, 3.8) is 0 Å². The fourth-order valence-corrected chi connectivity index (χ4v) is 2.74. The highest BCUT2D eigenvalue weighted by Crippen LogP contribution is 2.27. The first-order valence-electron chi connectivity index (χ1n) is 9.79. The Bertz CT molecular complexity index is 817. The van der Waals surface area contributed by atoms with Gasteiger partial charge in [0.1, 0.15) is 5.75 Å². The van der Waals surface area contributed by atoms with E-state index in [2.05, 4.69) is 24.5 Å². The summed E-state index contributed by atoms with van der Waals surface area (Å²) in [7, 11) is 0. The predicted molar refractivity (Wildman–Crippen MR) is 113 cm³/mol. The number of rotatable bonds is 8. The highest BCUT2D eigenvalue weighted by Gasteiger charge is 2.20. The third kappa shape index (κ3) is 5.59. The molecule has 0 saturated carbocycles. The minimum atomic E-state index is -0.703. The molecule has 0 unspecified atom stereocenters. The highest BCUT2D eigenvalue weighted by atomic mass is 16.5. The summed E-state index contributed by atoms with van der Waals surface area (Å²) in [5.41, 5.74) is 1.96. The molecule has 2 rings (SSSR count). The fourth-order valence-electron chi connectivity index (χ4n) is 2.74. The summed E-state index contributed by atoms with van der Waals surface area (Å²) in [6, 6.07) is 14.8. The molecule has 0 aliphatic heterocycles. The SMILES string of the molecule is CC[C@H](C)NC(=O)c1ccccc1NC(=O)[C@H](C)Oc1ccccc1C(C)C. The van der Waals surface area contributed by atoms with E-state index in [1.165, 1.54) is 0 Å². The van der Waals surface area contributed by atoms with E-state index >= 15 is 0 Å². The van der Waals surface area contributed by atoms with Crippen LogP contribution in [0.5, 0.6) is 5.75 Å². The minimum absolute atomic E-state index is 0.0612. The average molecular weight is 383 g/mol. The first kappa shape index (κ1) is 21.5. The van der Waals surface area contributed by atoms with Gasteiger partial charge >= 0.3 is 0 Å². The molecule has 0 bridgehead atoms. The Balaban J connectivity index is 2.12. The second-order valence-electron chi connectivity index (χ2n) is 7.27. The van der Waals surface area contributed by atoms with Crippen molar-refractivity contribution in [3.05, 3.63) is 59.7 Å². The van der Waals surface area contributed by atoms with Gasteiger partial charge in [-0.2, -0.15) is 0 Å². The molecule has 0 fully saturated rings. The van der Waals surface area contributed by atoms with E-state index in [-0.39, 0.29) is 23.8 Å². The van der Waals surface area contributed by atoms with Gasteiger partial charge < -0.3 is 15.4 Å². The lowest BCUT2D eigenvalue weighted by Crippen LogP contribution is -2.34. The number of para-hydroxylation sites is 2. The Morgan fingerprint density at radius 3 is 2.29 bits per heavy atom. The number of amides is 2. The van der Waals surface area contributed by atoms with E-state index in [0.717, 1.165) is 12.0 Å². The summed E-state index contributed by atoms with van der Waals surface area (Å²) < 4.78 is 5.91.